The Labute approximate surface area is 228 Å². The Hall–Kier alpha value is -4.34. The highest BCUT2D eigenvalue weighted by Gasteiger charge is 2.34. The molecule has 39 heavy (non-hydrogen) atoms. The summed E-state index contributed by atoms with van der Waals surface area (Å²) in [7, 11) is 1.55. The van der Waals surface area contributed by atoms with Crippen LogP contribution in [0.5, 0.6) is 11.5 Å². The molecule has 0 bridgehead atoms. The van der Waals surface area contributed by atoms with Crippen LogP contribution in [0, 0.1) is 6.92 Å². The molecular formula is C29H36N4O6. The highest BCUT2D eigenvalue weighted by Crippen LogP contribution is 2.32. The molecule has 0 saturated heterocycles. The van der Waals surface area contributed by atoms with E-state index >= 15 is 0 Å². The van der Waals surface area contributed by atoms with Crippen LogP contribution in [0.25, 0.3) is 0 Å². The molecule has 2 N–H and O–H groups in total. The number of nitrogens with one attached hydrogen (secondary N) is 2. The Bertz CT molecular complexity index is 1280. The molecule has 1 atom stereocenters. The van der Waals surface area contributed by atoms with E-state index in [1.807, 2.05) is 27.7 Å². The Morgan fingerprint density at radius 3 is 2.33 bits per heavy atom. The molecule has 1 aromatic heterocycles. The molecule has 3 amide bonds. The number of aryl methyl sites for hydroxylation is 1. The zero-order chi connectivity index (χ0) is 28.6. The number of hydrogen-bond acceptors (Lipinski definition) is 7. The van der Waals surface area contributed by atoms with Gasteiger partial charge in [-0.2, -0.15) is 0 Å². The summed E-state index contributed by atoms with van der Waals surface area (Å²) in [4.78, 5) is 41.6. The van der Waals surface area contributed by atoms with Crippen molar-refractivity contribution in [3.63, 3.8) is 0 Å². The predicted molar refractivity (Wildman–Crippen MR) is 148 cm³/mol. The van der Waals surface area contributed by atoms with Gasteiger partial charge in [-0.1, -0.05) is 23.4 Å². The normalized spacial score (nSPS) is 11.8. The second-order valence-corrected chi connectivity index (χ2v) is 9.98. The summed E-state index contributed by atoms with van der Waals surface area (Å²) >= 11 is 0. The summed E-state index contributed by atoms with van der Waals surface area (Å²) in [6, 6.07) is 14.5. The predicted octanol–water partition coefficient (Wildman–Crippen LogP) is 4.80. The van der Waals surface area contributed by atoms with Gasteiger partial charge in [0.2, 0.25) is 17.7 Å². The first-order valence-corrected chi connectivity index (χ1v) is 12.7. The van der Waals surface area contributed by atoms with Gasteiger partial charge in [-0.3, -0.25) is 19.3 Å². The molecule has 0 unspecified atom stereocenters. The van der Waals surface area contributed by atoms with Crippen molar-refractivity contribution >= 4 is 29.2 Å². The molecular weight excluding hydrogens is 500 g/mol. The quantitative estimate of drug-likeness (QED) is 0.361. The van der Waals surface area contributed by atoms with E-state index in [9.17, 15) is 14.4 Å². The van der Waals surface area contributed by atoms with E-state index in [1.165, 1.54) is 4.90 Å². The van der Waals surface area contributed by atoms with E-state index in [-0.39, 0.29) is 24.6 Å². The fourth-order valence-electron chi connectivity index (χ4n) is 3.94. The smallest absolute Gasteiger partial charge is 0.248 e. The van der Waals surface area contributed by atoms with Crippen LogP contribution in [-0.4, -0.2) is 42.1 Å². The number of benzene rings is 2. The van der Waals surface area contributed by atoms with Crippen molar-refractivity contribution in [1.82, 2.24) is 10.5 Å². The standard InChI is InChI=1S/C29H36N4O6/c1-7-38-23-10-8-9-21(18-23)33(26(35)16-15-25(34)30-24-17-19(2)39-32-24)27(28(36)31-29(3,4)5)20-11-13-22(37-6)14-12-20/h8-14,17-18,27H,7,15-16H2,1-6H3,(H,31,36)(H,30,32,34)/t27-/m0/s1. The Morgan fingerprint density at radius 2 is 1.74 bits per heavy atom. The number of rotatable bonds is 11. The van der Waals surface area contributed by atoms with Crippen LogP contribution >= 0.6 is 0 Å². The SMILES string of the molecule is CCOc1cccc(N(C(=O)CCC(=O)Nc2cc(C)on2)[C@H](C(=O)NC(C)(C)C)c2ccc(OC)cc2)c1. The zero-order valence-corrected chi connectivity index (χ0v) is 23.2. The van der Waals surface area contributed by atoms with Crippen molar-refractivity contribution in [2.45, 2.75) is 59.0 Å². The summed E-state index contributed by atoms with van der Waals surface area (Å²) in [5, 5.41) is 9.37. The van der Waals surface area contributed by atoms with Gasteiger partial charge in [-0.25, -0.2) is 0 Å². The highest BCUT2D eigenvalue weighted by molar-refractivity contribution is 6.03. The minimum Gasteiger partial charge on any atom is -0.497 e. The Morgan fingerprint density at radius 1 is 1.03 bits per heavy atom. The summed E-state index contributed by atoms with van der Waals surface area (Å²) in [5.41, 5.74) is 0.484. The Balaban J connectivity index is 1.99. The van der Waals surface area contributed by atoms with Crippen LogP contribution in [0.3, 0.4) is 0 Å². The molecule has 0 spiro atoms. The number of anilines is 2. The summed E-state index contributed by atoms with van der Waals surface area (Å²) < 4.78 is 15.9. The minimum atomic E-state index is -1.03. The van der Waals surface area contributed by atoms with E-state index in [2.05, 4.69) is 15.8 Å². The fraction of sp³-hybridized carbons (Fsp3) is 0.379. The lowest BCUT2D eigenvalue weighted by Gasteiger charge is -2.34. The van der Waals surface area contributed by atoms with Gasteiger partial charge >= 0.3 is 0 Å². The number of carbonyl (C=O) groups excluding carboxylic acids is 3. The molecule has 0 aliphatic rings. The number of aromatic nitrogens is 1. The van der Waals surface area contributed by atoms with E-state index in [1.54, 1.807) is 68.6 Å². The van der Waals surface area contributed by atoms with Crippen LogP contribution in [0.2, 0.25) is 0 Å². The third-order valence-corrected chi connectivity index (χ3v) is 5.57. The second-order valence-electron chi connectivity index (χ2n) is 9.98. The summed E-state index contributed by atoms with van der Waals surface area (Å²) in [6.07, 6.45) is -0.278. The average molecular weight is 537 g/mol. The second kappa shape index (κ2) is 12.9. The minimum absolute atomic E-state index is 0.122. The van der Waals surface area contributed by atoms with Gasteiger partial charge in [0.1, 0.15) is 23.3 Å². The highest BCUT2D eigenvalue weighted by atomic mass is 16.5. The van der Waals surface area contributed by atoms with Crippen LogP contribution in [0.15, 0.2) is 59.1 Å². The summed E-state index contributed by atoms with van der Waals surface area (Å²) in [6.45, 7) is 9.62. The number of nitrogens with zero attached hydrogens (tertiary/aromatic N) is 2. The molecule has 10 nitrogen and oxygen atoms in total. The maximum atomic E-state index is 13.8. The third kappa shape index (κ3) is 8.33. The van der Waals surface area contributed by atoms with Crippen molar-refractivity contribution in [2.75, 3.05) is 23.9 Å². The van der Waals surface area contributed by atoms with Gasteiger partial charge in [0.05, 0.1) is 13.7 Å². The van der Waals surface area contributed by atoms with Crippen LogP contribution in [0.4, 0.5) is 11.5 Å². The first-order valence-electron chi connectivity index (χ1n) is 12.7. The molecule has 0 aliphatic heterocycles. The lowest BCUT2D eigenvalue weighted by molar-refractivity contribution is -0.128. The largest absolute Gasteiger partial charge is 0.497 e. The molecule has 10 heteroatoms. The van der Waals surface area contributed by atoms with Gasteiger partial charge in [0.25, 0.3) is 0 Å². The Kier molecular flexibility index (Phi) is 9.70. The topological polar surface area (TPSA) is 123 Å². The molecule has 0 aliphatic carbocycles. The van der Waals surface area contributed by atoms with Crippen molar-refractivity contribution < 1.29 is 28.4 Å². The molecule has 208 valence electrons. The zero-order valence-electron chi connectivity index (χ0n) is 23.2. The average Bonchev–Trinajstić information content (AvgIpc) is 3.29. The van der Waals surface area contributed by atoms with E-state index in [0.29, 0.717) is 35.1 Å². The fourth-order valence-corrected chi connectivity index (χ4v) is 3.94. The van der Waals surface area contributed by atoms with Gasteiger partial charge < -0.3 is 24.6 Å². The van der Waals surface area contributed by atoms with Crippen molar-refractivity contribution in [3.05, 3.63) is 65.9 Å². The number of carbonyl (C=O) groups is 3. The molecule has 0 radical (unpaired) electrons. The van der Waals surface area contributed by atoms with Crippen LogP contribution in [-0.2, 0) is 14.4 Å². The number of methoxy groups -OCH3 is 1. The molecule has 0 saturated carbocycles. The summed E-state index contributed by atoms with van der Waals surface area (Å²) in [5.74, 6) is 0.798. The number of amides is 3. The maximum absolute atomic E-state index is 13.8. The molecule has 3 rings (SSSR count). The molecule has 2 aromatic carbocycles. The molecule has 1 heterocycles. The number of ether oxygens (including phenoxy) is 2. The van der Waals surface area contributed by atoms with Crippen LogP contribution < -0.4 is 25.0 Å². The van der Waals surface area contributed by atoms with Gasteiger partial charge in [0, 0.05) is 36.2 Å². The van der Waals surface area contributed by atoms with Crippen molar-refractivity contribution in [2.24, 2.45) is 0 Å². The third-order valence-electron chi connectivity index (χ3n) is 5.57. The molecule has 0 fully saturated rings. The first kappa shape index (κ1) is 29.2. The monoisotopic (exact) mass is 536 g/mol. The van der Waals surface area contributed by atoms with Gasteiger partial charge in [0.15, 0.2) is 5.82 Å². The molecule has 3 aromatic rings. The van der Waals surface area contributed by atoms with E-state index in [0.717, 1.165) is 0 Å². The van der Waals surface area contributed by atoms with E-state index < -0.39 is 23.4 Å². The lowest BCUT2D eigenvalue weighted by Crippen LogP contribution is -2.49. The van der Waals surface area contributed by atoms with E-state index in [4.69, 9.17) is 14.0 Å². The lowest BCUT2D eigenvalue weighted by atomic mass is 10.00. The van der Waals surface area contributed by atoms with Crippen molar-refractivity contribution in [3.8, 4) is 11.5 Å². The maximum Gasteiger partial charge on any atom is 0.248 e. The van der Waals surface area contributed by atoms with Gasteiger partial charge in [-0.15, -0.1) is 0 Å². The van der Waals surface area contributed by atoms with Crippen molar-refractivity contribution in [1.29, 1.82) is 0 Å². The van der Waals surface area contributed by atoms with Crippen LogP contribution in [0.1, 0.15) is 57.9 Å². The first-order chi connectivity index (χ1) is 18.5. The number of hydrogen-bond donors (Lipinski definition) is 2. The van der Waals surface area contributed by atoms with Gasteiger partial charge in [-0.05, 0) is 64.4 Å².